The molecule has 0 aliphatic heterocycles. The molecule has 2 amide bonds. The Morgan fingerprint density at radius 1 is 1.28 bits per heavy atom. The number of halogens is 1. The zero-order valence-electron chi connectivity index (χ0n) is 15.3. The van der Waals surface area contributed by atoms with Crippen molar-refractivity contribution in [2.45, 2.75) is 18.2 Å². The third-order valence-electron chi connectivity index (χ3n) is 3.70. The normalized spacial score (nSPS) is 10.5. The predicted molar refractivity (Wildman–Crippen MR) is 111 cm³/mol. The number of thioether (sulfide) groups is 1. The number of hydrogen-bond acceptors (Lipinski definition) is 6. The summed E-state index contributed by atoms with van der Waals surface area (Å²) in [6.07, 6.45) is 3.12. The van der Waals surface area contributed by atoms with E-state index in [-0.39, 0.29) is 29.9 Å². The van der Waals surface area contributed by atoms with Gasteiger partial charge < -0.3 is 19.6 Å². The van der Waals surface area contributed by atoms with Crippen LogP contribution in [-0.2, 0) is 17.9 Å². The Bertz CT molecular complexity index is 1000. The molecule has 0 aliphatic rings. The van der Waals surface area contributed by atoms with Crippen molar-refractivity contribution in [3.05, 3.63) is 71.9 Å². The molecule has 10 heteroatoms. The van der Waals surface area contributed by atoms with Gasteiger partial charge in [-0.05, 0) is 30.3 Å². The molecule has 3 aromatic rings. The largest absolute Gasteiger partial charge is 0.459 e. The van der Waals surface area contributed by atoms with Crippen LogP contribution in [0, 0.1) is 0 Å². The van der Waals surface area contributed by atoms with Crippen molar-refractivity contribution in [1.29, 1.82) is 0 Å². The molecule has 0 atom stereocenters. The molecule has 0 fully saturated rings. The van der Waals surface area contributed by atoms with Gasteiger partial charge in [0.2, 0.25) is 5.91 Å². The number of hydrogen-bond donors (Lipinski definition) is 2. The molecule has 2 N–H and O–H groups in total. The minimum Gasteiger partial charge on any atom is -0.459 e. The standard InChI is InChI=1S/C19H18ClN5O3S/c1-2-8-25-16(11-21-18(27)15-7-4-9-28-15)23-24-19(25)29-12-17(26)22-14-6-3-5-13(20)10-14/h2-7,9-10H,1,8,11-12H2,(H,21,27)(H,22,26). The van der Waals surface area contributed by atoms with Crippen LogP contribution in [0.1, 0.15) is 16.4 Å². The van der Waals surface area contributed by atoms with Gasteiger partial charge in [-0.1, -0.05) is 35.5 Å². The first-order valence-electron chi connectivity index (χ1n) is 8.59. The molecule has 150 valence electrons. The maximum atomic E-state index is 12.2. The number of anilines is 1. The second-order valence-corrected chi connectivity index (χ2v) is 7.18. The van der Waals surface area contributed by atoms with Crippen LogP contribution in [0.2, 0.25) is 5.02 Å². The van der Waals surface area contributed by atoms with E-state index in [0.717, 1.165) is 0 Å². The summed E-state index contributed by atoms with van der Waals surface area (Å²) in [6, 6.07) is 10.1. The first kappa shape index (κ1) is 20.7. The van der Waals surface area contributed by atoms with Crippen LogP contribution in [0.15, 0.2) is 64.9 Å². The summed E-state index contributed by atoms with van der Waals surface area (Å²) in [6.45, 7) is 4.34. The molecule has 2 heterocycles. The molecule has 0 radical (unpaired) electrons. The first-order chi connectivity index (χ1) is 14.1. The SMILES string of the molecule is C=CCn1c(CNC(=O)c2ccco2)nnc1SCC(=O)Nc1cccc(Cl)c1. The Hall–Kier alpha value is -3.04. The third-order valence-corrected chi connectivity index (χ3v) is 4.90. The Morgan fingerprint density at radius 3 is 2.86 bits per heavy atom. The number of carbonyl (C=O) groups is 2. The molecule has 2 aromatic heterocycles. The van der Waals surface area contributed by atoms with Crippen molar-refractivity contribution in [2.75, 3.05) is 11.1 Å². The molecule has 29 heavy (non-hydrogen) atoms. The average molecular weight is 432 g/mol. The highest BCUT2D eigenvalue weighted by atomic mass is 35.5. The van der Waals surface area contributed by atoms with Crippen molar-refractivity contribution in [3.8, 4) is 0 Å². The Kier molecular flexibility index (Phi) is 7.09. The summed E-state index contributed by atoms with van der Waals surface area (Å²) in [4.78, 5) is 24.2. The number of allylic oxidation sites excluding steroid dienone is 1. The number of nitrogens with zero attached hydrogens (tertiary/aromatic N) is 3. The third kappa shape index (κ3) is 5.72. The van der Waals surface area contributed by atoms with Gasteiger partial charge in [-0.2, -0.15) is 0 Å². The van der Waals surface area contributed by atoms with E-state index in [1.165, 1.54) is 18.0 Å². The number of furan rings is 1. The lowest BCUT2D eigenvalue weighted by Crippen LogP contribution is -2.24. The van der Waals surface area contributed by atoms with Crippen LogP contribution in [0.5, 0.6) is 0 Å². The van der Waals surface area contributed by atoms with E-state index < -0.39 is 0 Å². The summed E-state index contributed by atoms with van der Waals surface area (Å²) in [7, 11) is 0. The van der Waals surface area contributed by atoms with Crippen molar-refractivity contribution in [3.63, 3.8) is 0 Å². The van der Waals surface area contributed by atoms with Crippen molar-refractivity contribution in [1.82, 2.24) is 20.1 Å². The lowest BCUT2D eigenvalue weighted by atomic mass is 10.3. The van der Waals surface area contributed by atoms with Crippen LogP contribution >= 0.6 is 23.4 Å². The minimum atomic E-state index is -0.349. The number of carbonyl (C=O) groups excluding carboxylic acids is 2. The van der Waals surface area contributed by atoms with E-state index in [9.17, 15) is 9.59 Å². The molecule has 0 spiro atoms. The quantitative estimate of drug-likeness (QED) is 0.398. The van der Waals surface area contributed by atoms with E-state index >= 15 is 0 Å². The number of amides is 2. The topological polar surface area (TPSA) is 102 Å². The summed E-state index contributed by atoms with van der Waals surface area (Å²) in [5, 5.41) is 14.8. The fourth-order valence-corrected chi connectivity index (χ4v) is 3.37. The Labute approximate surface area is 176 Å². The Morgan fingerprint density at radius 2 is 2.14 bits per heavy atom. The van der Waals surface area contributed by atoms with Gasteiger partial charge in [-0.15, -0.1) is 16.8 Å². The van der Waals surface area contributed by atoms with E-state index in [2.05, 4.69) is 27.4 Å². The lowest BCUT2D eigenvalue weighted by Gasteiger charge is -2.09. The number of nitrogens with one attached hydrogen (secondary N) is 2. The van der Waals surface area contributed by atoms with Crippen molar-refractivity contribution >= 4 is 40.9 Å². The second-order valence-electron chi connectivity index (χ2n) is 5.81. The monoisotopic (exact) mass is 431 g/mol. The van der Waals surface area contributed by atoms with E-state index in [4.69, 9.17) is 16.0 Å². The van der Waals surface area contributed by atoms with Crippen LogP contribution in [-0.4, -0.2) is 32.3 Å². The van der Waals surface area contributed by atoms with E-state index in [1.54, 1.807) is 47.0 Å². The zero-order valence-corrected chi connectivity index (χ0v) is 16.9. The summed E-state index contributed by atoms with van der Waals surface area (Å²) < 4.78 is 6.84. The predicted octanol–water partition coefficient (Wildman–Crippen LogP) is 3.37. The molecule has 8 nitrogen and oxygen atoms in total. The van der Waals surface area contributed by atoms with E-state index in [1.807, 2.05) is 0 Å². The van der Waals surface area contributed by atoms with Gasteiger partial charge >= 0.3 is 0 Å². The molecule has 1 aromatic carbocycles. The highest BCUT2D eigenvalue weighted by molar-refractivity contribution is 7.99. The maximum Gasteiger partial charge on any atom is 0.287 e. The van der Waals surface area contributed by atoms with Gasteiger partial charge in [0.05, 0.1) is 18.6 Å². The molecule has 0 bridgehead atoms. The highest BCUT2D eigenvalue weighted by Gasteiger charge is 2.15. The van der Waals surface area contributed by atoms with Gasteiger partial charge in [-0.25, -0.2) is 0 Å². The molecule has 0 unspecified atom stereocenters. The molecule has 0 saturated heterocycles. The van der Waals surface area contributed by atoms with Crippen molar-refractivity contribution < 1.29 is 14.0 Å². The number of rotatable bonds is 9. The zero-order chi connectivity index (χ0) is 20.6. The summed E-state index contributed by atoms with van der Waals surface area (Å²) in [5.74, 6) is 0.353. The number of aromatic nitrogens is 3. The lowest BCUT2D eigenvalue weighted by molar-refractivity contribution is -0.113. The average Bonchev–Trinajstić information content (AvgIpc) is 3.35. The van der Waals surface area contributed by atoms with Gasteiger partial charge in [0, 0.05) is 17.3 Å². The Balaban J connectivity index is 1.59. The van der Waals surface area contributed by atoms with Gasteiger partial charge in [0.15, 0.2) is 16.7 Å². The second kappa shape index (κ2) is 9.94. The van der Waals surface area contributed by atoms with Crippen molar-refractivity contribution in [2.24, 2.45) is 0 Å². The van der Waals surface area contributed by atoms with Crippen LogP contribution in [0.4, 0.5) is 5.69 Å². The molecular weight excluding hydrogens is 414 g/mol. The van der Waals surface area contributed by atoms with Crippen LogP contribution in [0.25, 0.3) is 0 Å². The van der Waals surface area contributed by atoms with Gasteiger partial charge in [-0.3, -0.25) is 9.59 Å². The fraction of sp³-hybridized carbons (Fsp3) is 0.158. The highest BCUT2D eigenvalue weighted by Crippen LogP contribution is 2.19. The molecular formula is C19H18ClN5O3S. The first-order valence-corrected chi connectivity index (χ1v) is 9.96. The van der Waals surface area contributed by atoms with Crippen LogP contribution < -0.4 is 10.6 Å². The fourth-order valence-electron chi connectivity index (χ4n) is 2.42. The maximum absolute atomic E-state index is 12.2. The smallest absolute Gasteiger partial charge is 0.287 e. The van der Waals surface area contributed by atoms with E-state index in [0.29, 0.717) is 28.2 Å². The minimum absolute atomic E-state index is 0.139. The molecule has 0 aliphatic carbocycles. The molecule has 0 saturated carbocycles. The van der Waals surface area contributed by atoms with Crippen LogP contribution in [0.3, 0.4) is 0 Å². The number of benzene rings is 1. The molecule has 3 rings (SSSR count). The summed E-state index contributed by atoms with van der Waals surface area (Å²) >= 11 is 7.16. The van der Waals surface area contributed by atoms with Gasteiger partial charge in [0.1, 0.15) is 0 Å². The van der Waals surface area contributed by atoms with Gasteiger partial charge in [0.25, 0.3) is 5.91 Å². The summed E-state index contributed by atoms with van der Waals surface area (Å²) in [5.41, 5.74) is 0.622.